The second-order valence-electron chi connectivity index (χ2n) is 0.751. The van der Waals surface area contributed by atoms with E-state index in [2.05, 4.69) is 0 Å². The van der Waals surface area contributed by atoms with Gasteiger partial charge in [-0.3, -0.25) is 4.55 Å². The van der Waals surface area contributed by atoms with Crippen LogP contribution in [0, 0.1) is 0 Å². The predicted molar refractivity (Wildman–Crippen MR) is 21.8 cm³/mol. The molecule has 40 valence electrons. The van der Waals surface area contributed by atoms with Crippen molar-refractivity contribution < 1.29 is 17.8 Å². The predicted octanol–water partition coefficient (Wildman–Crippen LogP) is -0.780. The summed E-state index contributed by atoms with van der Waals surface area (Å²) >= 11 is 0. The van der Waals surface area contributed by atoms with Crippen molar-refractivity contribution in [3.8, 4) is 0 Å². The summed E-state index contributed by atoms with van der Waals surface area (Å²) in [7, 11) is -4.22. The van der Waals surface area contributed by atoms with Crippen LogP contribution in [0.25, 0.3) is 0 Å². The van der Waals surface area contributed by atoms with Gasteiger partial charge in [-0.15, -0.1) is 0 Å². The first-order valence-corrected chi connectivity index (χ1v) is 2.75. The zero-order chi connectivity index (χ0) is 5.91. The molecule has 0 unspecified atom stereocenters. The Kier molecular flexibility index (Phi) is 1.71. The van der Waals surface area contributed by atoms with Crippen LogP contribution in [-0.2, 0) is 14.9 Å². The van der Waals surface area contributed by atoms with Gasteiger partial charge in [0.05, 0.1) is 0 Å². The van der Waals surface area contributed by atoms with Gasteiger partial charge < -0.3 is 0 Å². The van der Waals surface area contributed by atoms with Gasteiger partial charge in [0.15, 0.2) is 0 Å². The molecule has 0 aromatic carbocycles. The molecule has 0 radical (unpaired) electrons. The first kappa shape index (κ1) is 6.36. The molecule has 0 atom stereocenters. The molecule has 0 aliphatic rings. The molecule has 0 saturated carbocycles. The Morgan fingerprint density at radius 1 is 1.57 bits per heavy atom. The monoisotopic (exact) mass is 122 g/mol. The summed E-state index contributed by atoms with van der Waals surface area (Å²) in [6.45, 7) is 0. The lowest BCUT2D eigenvalue weighted by atomic mass is 11.2. The maximum atomic E-state index is 9.47. The Hall–Kier alpha value is -0.640. The molecular weight excluding hydrogens is 120 g/mol. The molecule has 0 rings (SSSR count). The highest BCUT2D eigenvalue weighted by molar-refractivity contribution is 7.89. The van der Waals surface area contributed by atoms with Crippen molar-refractivity contribution in [2.45, 2.75) is 0 Å². The summed E-state index contributed by atoms with van der Waals surface area (Å²) in [6, 6.07) is 0. The first-order chi connectivity index (χ1) is 3.06. The lowest BCUT2D eigenvalue weighted by molar-refractivity contribution is 0.494. The smallest absolute Gasteiger partial charge is 0.282 e. The summed E-state index contributed by atoms with van der Waals surface area (Å²) in [5.74, 6) is 0.895. The topological polar surface area (TPSA) is 71.4 Å². The molecule has 0 aliphatic carbocycles. The van der Waals surface area contributed by atoms with Crippen molar-refractivity contribution in [3.05, 3.63) is 5.41 Å². The molecule has 0 spiro atoms. The standard InChI is InChI=1S/C2H2O4S/c3-1-2-7(4,5)6/h2H,(H,4,5,6). The van der Waals surface area contributed by atoms with E-state index in [0.29, 0.717) is 0 Å². The van der Waals surface area contributed by atoms with Crippen molar-refractivity contribution in [2.24, 2.45) is 0 Å². The summed E-state index contributed by atoms with van der Waals surface area (Å²) in [6.07, 6.45) is 0. The highest BCUT2D eigenvalue weighted by atomic mass is 32.2. The van der Waals surface area contributed by atoms with Gasteiger partial charge in [0.2, 0.25) is 0 Å². The Labute approximate surface area is 40.2 Å². The highest BCUT2D eigenvalue weighted by Gasteiger charge is 1.92. The van der Waals surface area contributed by atoms with E-state index in [1.54, 1.807) is 0 Å². The van der Waals surface area contributed by atoms with Crippen LogP contribution in [0.2, 0.25) is 0 Å². The summed E-state index contributed by atoms with van der Waals surface area (Å²) in [5.41, 5.74) is 0. The summed E-state index contributed by atoms with van der Waals surface area (Å²) in [4.78, 5) is 9.10. The van der Waals surface area contributed by atoms with Gasteiger partial charge in [-0.25, -0.2) is 4.79 Å². The average Bonchev–Trinajstić information content (AvgIpc) is 1.30. The molecule has 0 aromatic heterocycles. The van der Waals surface area contributed by atoms with E-state index in [1.807, 2.05) is 0 Å². The van der Waals surface area contributed by atoms with Crippen molar-refractivity contribution in [2.75, 3.05) is 0 Å². The maximum Gasteiger partial charge on any atom is 0.298 e. The number of hydrogen-bond donors (Lipinski definition) is 1. The van der Waals surface area contributed by atoms with Gasteiger partial charge in [0, 0.05) is 0 Å². The van der Waals surface area contributed by atoms with Gasteiger partial charge in [-0.2, -0.15) is 8.42 Å². The Bertz CT molecular complexity index is 182. The van der Waals surface area contributed by atoms with Crippen LogP contribution in [0.15, 0.2) is 5.41 Å². The molecule has 5 heteroatoms. The highest BCUT2D eigenvalue weighted by Crippen LogP contribution is 1.74. The molecule has 1 N–H and O–H groups in total. The van der Waals surface area contributed by atoms with E-state index in [4.69, 9.17) is 9.35 Å². The lowest BCUT2D eigenvalue weighted by Gasteiger charge is -1.71. The van der Waals surface area contributed by atoms with E-state index in [1.165, 1.54) is 0 Å². The number of hydrogen-bond acceptors (Lipinski definition) is 3. The van der Waals surface area contributed by atoms with E-state index in [0.717, 1.165) is 5.94 Å². The molecule has 4 nitrogen and oxygen atoms in total. The number of rotatable bonds is 1. The third-order valence-corrected chi connectivity index (χ3v) is 0.591. The van der Waals surface area contributed by atoms with Crippen molar-refractivity contribution >= 4 is 16.1 Å². The van der Waals surface area contributed by atoms with Gasteiger partial charge in [-0.1, -0.05) is 0 Å². The van der Waals surface area contributed by atoms with Crippen LogP contribution in [-0.4, -0.2) is 18.9 Å². The summed E-state index contributed by atoms with van der Waals surface area (Å²) in [5, 5.41) is 0.0347. The largest absolute Gasteiger partial charge is 0.298 e. The molecule has 7 heavy (non-hydrogen) atoms. The molecule has 0 aliphatic heterocycles. The fraction of sp³-hybridized carbons (Fsp3) is 0. The first-order valence-electron chi connectivity index (χ1n) is 1.24. The van der Waals surface area contributed by atoms with E-state index in [9.17, 15) is 8.42 Å². The quantitative estimate of drug-likeness (QED) is 0.366. The van der Waals surface area contributed by atoms with Crippen LogP contribution >= 0.6 is 0 Å². The van der Waals surface area contributed by atoms with E-state index >= 15 is 0 Å². The van der Waals surface area contributed by atoms with Gasteiger partial charge >= 0.3 is 0 Å². The second-order valence-corrected chi connectivity index (χ2v) is 2.02. The SMILES string of the molecule is O=C=CS(=O)(=O)O. The van der Waals surface area contributed by atoms with Crippen molar-refractivity contribution in [1.29, 1.82) is 0 Å². The third-order valence-electron chi connectivity index (χ3n) is 0.197. The van der Waals surface area contributed by atoms with Crippen LogP contribution in [0.3, 0.4) is 0 Å². The zero-order valence-corrected chi connectivity index (χ0v) is 3.97. The molecule has 0 aromatic rings. The van der Waals surface area contributed by atoms with Crippen molar-refractivity contribution in [1.82, 2.24) is 0 Å². The molecule has 0 bridgehead atoms. The zero-order valence-electron chi connectivity index (χ0n) is 3.16. The summed E-state index contributed by atoms with van der Waals surface area (Å²) < 4.78 is 26.6. The van der Waals surface area contributed by atoms with Crippen LogP contribution in [0.5, 0.6) is 0 Å². The van der Waals surface area contributed by atoms with E-state index < -0.39 is 10.1 Å². The molecule has 0 heterocycles. The second kappa shape index (κ2) is 1.88. The van der Waals surface area contributed by atoms with Gasteiger partial charge in [-0.05, 0) is 0 Å². The van der Waals surface area contributed by atoms with Crippen molar-refractivity contribution in [3.63, 3.8) is 0 Å². The number of carbonyl (C=O) groups excluding carboxylic acids is 1. The molecule has 0 saturated heterocycles. The third kappa shape index (κ3) is 5.36. The van der Waals surface area contributed by atoms with Crippen LogP contribution < -0.4 is 0 Å². The average molecular weight is 122 g/mol. The Balaban J connectivity index is 4.44. The van der Waals surface area contributed by atoms with Gasteiger partial charge in [0.1, 0.15) is 11.3 Å². The molecule has 0 amide bonds. The maximum absolute atomic E-state index is 9.47. The normalized spacial score (nSPS) is 9.86. The van der Waals surface area contributed by atoms with Crippen LogP contribution in [0.1, 0.15) is 0 Å². The fourth-order valence-corrected chi connectivity index (χ4v) is 0.182. The fourth-order valence-electron chi connectivity index (χ4n) is 0.0608. The Morgan fingerprint density at radius 3 is 2.00 bits per heavy atom. The minimum absolute atomic E-state index is 0.0347. The minimum atomic E-state index is -4.22. The van der Waals surface area contributed by atoms with E-state index in [-0.39, 0.29) is 5.41 Å². The minimum Gasteiger partial charge on any atom is -0.282 e. The molecule has 0 fully saturated rings. The van der Waals surface area contributed by atoms with Gasteiger partial charge in [0.25, 0.3) is 10.1 Å². The Morgan fingerprint density at radius 2 is 2.00 bits per heavy atom. The lowest BCUT2D eigenvalue weighted by Crippen LogP contribution is -1.88. The van der Waals surface area contributed by atoms with Crippen LogP contribution in [0.4, 0.5) is 0 Å². The molecular formula is C2H2O4S.